The quantitative estimate of drug-likeness (QED) is 0.376. The maximum absolute atomic E-state index is 13.4. The molecule has 0 unspecified atom stereocenters. The van der Waals surface area contributed by atoms with Gasteiger partial charge in [0, 0.05) is 40.0 Å². The van der Waals surface area contributed by atoms with E-state index < -0.39 is 0 Å². The number of benzene rings is 2. The Morgan fingerprint density at radius 3 is 2.28 bits per heavy atom. The van der Waals surface area contributed by atoms with Crippen molar-refractivity contribution in [2.75, 3.05) is 26.8 Å². The second-order valence-corrected chi connectivity index (χ2v) is 9.76. The maximum Gasteiger partial charge on any atom is 0.254 e. The number of carbonyl (C=O) groups is 2. The van der Waals surface area contributed by atoms with Gasteiger partial charge in [-0.05, 0) is 48.9 Å². The van der Waals surface area contributed by atoms with Crippen molar-refractivity contribution in [3.05, 3.63) is 92.1 Å². The van der Waals surface area contributed by atoms with Crippen LogP contribution in [0, 0.1) is 6.92 Å². The van der Waals surface area contributed by atoms with Gasteiger partial charge in [-0.2, -0.15) is 0 Å². The Hall–Kier alpha value is -2.48. The fourth-order valence-electron chi connectivity index (χ4n) is 3.29. The lowest BCUT2D eigenvalue weighted by Gasteiger charge is -2.27. The molecule has 32 heavy (non-hydrogen) atoms. The van der Waals surface area contributed by atoms with Gasteiger partial charge in [-0.25, -0.2) is 0 Å². The first-order chi connectivity index (χ1) is 15.5. The van der Waals surface area contributed by atoms with Gasteiger partial charge in [0.1, 0.15) is 6.54 Å². The zero-order chi connectivity index (χ0) is 22.9. The van der Waals surface area contributed by atoms with Gasteiger partial charge in [-0.15, -0.1) is 11.3 Å². The van der Waals surface area contributed by atoms with Crippen LogP contribution in [0.15, 0.2) is 71.2 Å². The van der Waals surface area contributed by atoms with Crippen LogP contribution < -0.4 is 0 Å². The second-order valence-electron chi connectivity index (χ2n) is 7.47. The van der Waals surface area contributed by atoms with Crippen LogP contribution in [0.3, 0.4) is 0 Å². The molecule has 1 heterocycles. The van der Waals surface area contributed by atoms with Gasteiger partial charge < -0.3 is 14.5 Å². The van der Waals surface area contributed by atoms with Gasteiger partial charge in [0.05, 0.1) is 13.2 Å². The van der Waals surface area contributed by atoms with Crippen LogP contribution in [-0.2, 0) is 22.6 Å². The van der Waals surface area contributed by atoms with E-state index in [1.54, 1.807) is 35.5 Å². The Kier molecular flexibility index (Phi) is 9.02. The van der Waals surface area contributed by atoms with E-state index in [2.05, 4.69) is 35.0 Å². The minimum atomic E-state index is -0.186. The normalized spacial score (nSPS) is 10.7. The predicted octanol–water partition coefficient (Wildman–Crippen LogP) is 5.14. The number of methoxy groups -OCH3 is 1. The summed E-state index contributed by atoms with van der Waals surface area (Å²) < 4.78 is 6.09. The van der Waals surface area contributed by atoms with Crippen molar-refractivity contribution in [3.63, 3.8) is 0 Å². The maximum atomic E-state index is 13.4. The molecule has 2 aromatic carbocycles. The first kappa shape index (κ1) is 24.2. The van der Waals surface area contributed by atoms with Gasteiger partial charge >= 0.3 is 0 Å². The number of nitrogens with zero attached hydrogens (tertiary/aromatic N) is 2. The highest BCUT2D eigenvalue weighted by Gasteiger charge is 2.23. The average Bonchev–Trinajstić information content (AvgIpc) is 3.21. The first-order valence-electron chi connectivity index (χ1n) is 10.4. The van der Waals surface area contributed by atoms with Gasteiger partial charge in [-0.1, -0.05) is 46.3 Å². The van der Waals surface area contributed by atoms with Crippen molar-refractivity contribution < 1.29 is 14.3 Å². The summed E-state index contributed by atoms with van der Waals surface area (Å²) in [6.45, 7) is 3.75. The molecule has 7 heteroatoms. The number of hydrogen-bond donors (Lipinski definition) is 0. The van der Waals surface area contributed by atoms with E-state index in [0.29, 0.717) is 31.8 Å². The smallest absolute Gasteiger partial charge is 0.254 e. The van der Waals surface area contributed by atoms with Crippen LogP contribution in [0.25, 0.3) is 0 Å². The molecule has 0 atom stereocenters. The van der Waals surface area contributed by atoms with Crippen molar-refractivity contribution in [2.45, 2.75) is 20.0 Å². The molecule has 0 radical (unpaired) electrons. The van der Waals surface area contributed by atoms with Crippen molar-refractivity contribution in [3.8, 4) is 0 Å². The number of ether oxygens (including phenoxy) is 1. The van der Waals surface area contributed by atoms with E-state index in [9.17, 15) is 9.59 Å². The summed E-state index contributed by atoms with van der Waals surface area (Å²) in [6.07, 6.45) is 0. The summed E-state index contributed by atoms with van der Waals surface area (Å²) in [5.74, 6) is -0.281. The summed E-state index contributed by atoms with van der Waals surface area (Å²) in [5, 5.41) is 0. The van der Waals surface area contributed by atoms with E-state index in [1.165, 1.54) is 4.88 Å². The van der Waals surface area contributed by atoms with Gasteiger partial charge in [0.15, 0.2) is 0 Å². The minimum absolute atomic E-state index is 0.00452. The zero-order valence-electron chi connectivity index (χ0n) is 18.3. The minimum Gasteiger partial charge on any atom is -0.383 e. The molecule has 0 spiro atoms. The van der Waals surface area contributed by atoms with Gasteiger partial charge in [0.2, 0.25) is 5.91 Å². The number of aryl methyl sites for hydroxylation is 1. The highest BCUT2D eigenvalue weighted by Crippen LogP contribution is 2.19. The summed E-state index contributed by atoms with van der Waals surface area (Å²) in [7, 11) is 1.59. The standard InChI is InChI=1S/C25H27BrN2O3S/c1-19-8-13-23(32-19)17-28(16-20-6-4-3-5-7-20)24(29)18-27(14-15-31-2)25(30)21-9-11-22(26)12-10-21/h3-13H,14-18H2,1-2H3. The topological polar surface area (TPSA) is 49.9 Å². The monoisotopic (exact) mass is 514 g/mol. The number of carbonyl (C=O) groups excluding carboxylic acids is 2. The molecule has 5 nitrogen and oxygen atoms in total. The molecular weight excluding hydrogens is 488 g/mol. The van der Waals surface area contributed by atoms with E-state index >= 15 is 0 Å². The van der Waals surface area contributed by atoms with Gasteiger partial charge in [0.25, 0.3) is 5.91 Å². The molecule has 0 fully saturated rings. The number of hydrogen-bond acceptors (Lipinski definition) is 4. The van der Waals surface area contributed by atoms with Crippen LogP contribution in [0.2, 0.25) is 0 Å². The number of halogens is 1. The van der Waals surface area contributed by atoms with Crippen LogP contribution >= 0.6 is 27.3 Å². The lowest BCUT2D eigenvalue weighted by molar-refractivity contribution is -0.133. The van der Waals surface area contributed by atoms with Crippen molar-refractivity contribution in [1.29, 1.82) is 0 Å². The molecule has 2 amide bonds. The molecule has 1 aromatic heterocycles. The Balaban J connectivity index is 1.79. The fraction of sp³-hybridized carbons (Fsp3) is 0.280. The predicted molar refractivity (Wildman–Crippen MR) is 132 cm³/mol. The Morgan fingerprint density at radius 1 is 0.938 bits per heavy atom. The summed E-state index contributed by atoms with van der Waals surface area (Å²) in [4.78, 5) is 32.2. The van der Waals surface area contributed by atoms with Crippen molar-refractivity contribution in [2.24, 2.45) is 0 Å². The molecular formula is C25H27BrN2O3S. The third-order valence-electron chi connectivity index (χ3n) is 4.98. The molecule has 0 aliphatic heterocycles. The summed E-state index contributed by atoms with van der Waals surface area (Å²) >= 11 is 5.08. The van der Waals surface area contributed by atoms with Crippen molar-refractivity contribution >= 4 is 39.1 Å². The third-order valence-corrected chi connectivity index (χ3v) is 6.50. The molecule has 168 valence electrons. The largest absolute Gasteiger partial charge is 0.383 e. The highest BCUT2D eigenvalue weighted by atomic mass is 79.9. The number of thiophene rings is 1. The van der Waals surface area contributed by atoms with E-state index in [1.807, 2.05) is 47.4 Å². The van der Waals surface area contributed by atoms with E-state index in [0.717, 1.165) is 14.9 Å². The molecule has 0 aliphatic rings. The second kappa shape index (κ2) is 11.9. The SMILES string of the molecule is COCCN(CC(=O)N(Cc1ccccc1)Cc1ccc(C)s1)C(=O)c1ccc(Br)cc1. The van der Waals surface area contributed by atoms with Crippen LogP contribution in [0.5, 0.6) is 0 Å². The highest BCUT2D eigenvalue weighted by molar-refractivity contribution is 9.10. The molecule has 3 aromatic rings. The van der Waals surface area contributed by atoms with E-state index in [4.69, 9.17) is 4.74 Å². The molecule has 0 aliphatic carbocycles. The zero-order valence-corrected chi connectivity index (χ0v) is 20.7. The lowest BCUT2D eigenvalue weighted by atomic mass is 10.2. The Bertz CT molecular complexity index is 1020. The third kappa shape index (κ3) is 7.02. The van der Waals surface area contributed by atoms with Crippen LogP contribution in [0.4, 0.5) is 0 Å². The molecule has 0 N–H and O–H groups in total. The van der Waals surface area contributed by atoms with Crippen LogP contribution in [-0.4, -0.2) is 48.4 Å². The summed E-state index contributed by atoms with van der Waals surface area (Å²) in [5.41, 5.74) is 1.59. The number of amides is 2. The Labute approximate surface area is 201 Å². The molecule has 3 rings (SSSR count). The summed E-state index contributed by atoms with van der Waals surface area (Å²) in [6, 6.07) is 21.2. The van der Waals surface area contributed by atoms with Gasteiger partial charge in [-0.3, -0.25) is 9.59 Å². The molecule has 0 saturated carbocycles. The average molecular weight is 515 g/mol. The lowest BCUT2D eigenvalue weighted by Crippen LogP contribution is -2.43. The Morgan fingerprint density at radius 2 is 1.66 bits per heavy atom. The van der Waals surface area contributed by atoms with Crippen molar-refractivity contribution in [1.82, 2.24) is 9.80 Å². The van der Waals surface area contributed by atoms with E-state index in [-0.39, 0.29) is 18.4 Å². The first-order valence-corrected chi connectivity index (χ1v) is 12.0. The van der Waals surface area contributed by atoms with Crippen LogP contribution in [0.1, 0.15) is 25.7 Å². The fourth-order valence-corrected chi connectivity index (χ4v) is 4.46. The number of rotatable bonds is 10. The molecule has 0 bridgehead atoms. The molecule has 0 saturated heterocycles.